The molecule has 0 saturated carbocycles. The van der Waals surface area contributed by atoms with E-state index < -0.39 is 82.8 Å². The molecule has 5 atom stereocenters. The maximum atomic E-state index is 13.9. The number of aryl methyl sites for hydroxylation is 2. The van der Waals surface area contributed by atoms with Crippen molar-refractivity contribution in [2.75, 3.05) is 25.7 Å². The Morgan fingerprint density at radius 3 is 1.84 bits per heavy atom. The summed E-state index contributed by atoms with van der Waals surface area (Å²) in [7, 11) is 0. The van der Waals surface area contributed by atoms with E-state index in [4.69, 9.17) is 49.9 Å². The first kappa shape index (κ1) is 51.5. The van der Waals surface area contributed by atoms with Crippen molar-refractivity contribution in [2.45, 2.75) is 166 Å². The summed E-state index contributed by atoms with van der Waals surface area (Å²) in [4.78, 5) is 54.6. The molecule has 1 fully saturated rings. The molecule has 15 heteroatoms. The molecule has 0 amide bonds. The van der Waals surface area contributed by atoms with Crippen LogP contribution in [0.15, 0.2) is 18.2 Å². The number of alkyl halides is 1. The Kier molecular flexibility index (Phi) is 17.7. The molecule has 1 aromatic heterocycles. The Morgan fingerprint density at radius 1 is 0.803 bits per heavy atom. The van der Waals surface area contributed by atoms with Gasteiger partial charge in [0.25, 0.3) is 0 Å². The van der Waals surface area contributed by atoms with Gasteiger partial charge in [0.05, 0.1) is 28.3 Å². The second-order valence-electron chi connectivity index (χ2n) is 20.1. The van der Waals surface area contributed by atoms with Crippen molar-refractivity contribution in [1.29, 1.82) is 0 Å². The van der Waals surface area contributed by atoms with Crippen molar-refractivity contribution >= 4 is 35.5 Å². The molecule has 2 heterocycles. The van der Waals surface area contributed by atoms with Crippen LogP contribution in [0.3, 0.4) is 0 Å². The molecular formula is C46H71ClN2O12. The number of benzene rings is 1. The highest BCUT2D eigenvalue weighted by Gasteiger charge is 2.56. The minimum absolute atomic E-state index is 0.0648. The topological polar surface area (TPSA) is 171 Å². The quantitative estimate of drug-likeness (QED) is 0.0706. The molecule has 1 aliphatic heterocycles. The van der Waals surface area contributed by atoms with Crippen molar-refractivity contribution in [1.82, 2.24) is 9.78 Å². The second kappa shape index (κ2) is 21.0. The van der Waals surface area contributed by atoms with Gasteiger partial charge in [-0.1, -0.05) is 19.9 Å². The third-order valence-electron chi connectivity index (χ3n) is 9.74. The molecule has 14 nitrogen and oxygen atoms in total. The van der Waals surface area contributed by atoms with Crippen LogP contribution in [0.1, 0.15) is 138 Å². The van der Waals surface area contributed by atoms with Gasteiger partial charge in [-0.3, -0.25) is 23.9 Å². The van der Waals surface area contributed by atoms with Gasteiger partial charge in [0, 0.05) is 36.7 Å². The molecule has 0 radical (unpaired) electrons. The lowest BCUT2D eigenvalue weighted by atomic mass is 9.93. The number of nitrogens with zero attached hydrogens (tertiary/aromatic N) is 2. The first-order valence-electron chi connectivity index (χ1n) is 21.2. The van der Waals surface area contributed by atoms with Crippen molar-refractivity contribution in [3.05, 3.63) is 40.6 Å². The van der Waals surface area contributed by atoms with Gasteiger partial charge in [-0.15, -0.1) is 16.7 Å². The number of hydrogen-bond acceptors (Lipinski definition) is 13. The van der Waals surface area contributed by atoms with Gasteiger partial charge in [-0.05, 0) is 132 Å². The first-order chi connectivity index (χ1) is 28.1. The number of ether oxygens (including phenoxy) is 7. The molecule has 0 unspecified atom stereocenters. The minimum atomic E-state index is -1.54. The predicted molar refractivity (Wildman–Crippen MR) is 231 cm³/mol. The van der Waals surface area contributed by atoms with Crippen LogP contribution < -0.4 is 9.47 Å². The number of aromatic nitrogens is 2. The zero-order chi connectivity index (χ0) is 46.2. The standard InChI is InChI=1S/C46H71ClN2O12/c1-27(2)33-31(25-29-18-19-30(24-28(29)3)55-23-16-20-47)37(48-49(33)21-17-22-50)61-38-36(60-42(54)46(13,14)15)35(59-41(53)45(10,11)12)34(58-40(52)44(7,8)9)32(57-38)26-56-39(51)43(4,5)6/h18-19,24,27,32,34-36,38,50H,16-17,20-23,25-26H2,1-15H3/t32-,34-,35+,36-,38+/m1/s1. The Hall–Kier alpha value is -3.88. The molecule has 344 valence electrons. The van der Waals surface area contributed by atoms with Crippen molar-refractivity contribution < 1.29 is 57.4 Å². The van der Waals surface area contributed by atoms with Gasteiger partial charge >= 0.3 is 23.9 Å². The third-order valence-corrected chi connectivity index (χ3v) is 10.0. The van der Waals surface area contributed by atoms with E-state index in [0.29, 0.717) is 49.6 Å². The van der Waals surface area contributed by atoms with E-state index in [1.807, 2.05) is 39.0 Å². The summed E-state index contributed by atoms with van der Waals surface area (Å²) >= 11 is 5.86. The number of rotatable bonds is 17. The highest BCUT2D eigenvalue weighted by molar-refractivity contribution is 6.17. The lowest BCUT2D eigenvalue weighted by Crippen LogP contribution is -2.65. The monoisotopic (exact) mass is 878 g/mol. The van der Waals surface area contributed by atoms with Crippen LogP contribution in [0, 0.1) is 28.6 Å². The van der Waals surface area contributed by atoms with E-state index in [2.05, 4.69) is 0 Å². The first-order valence-corrected chi connectivity index (χ1v) is 21.7. The minimum Gasteiger partial charge on any atom is -0.494 e. The Morgan fingerprint density at radius 2 is 1.34 bits per heavy atom. The van der Waals surface area contributed by atoms with Gasteiger partial charge in [-0.25, -0.2) is 0 Å². The number of halogens is 1. The van der Waals surface area contributed by atoms with Crippen LogP contribution >= 0.6 is 11.6 Å². The molecule has 1 aromatic carbocycles. The number of hydrogen-bond donors (Lipinski definition) is 1. The number of carbonyl (C=O) groups excluding carboxylic acids is 4. The molecule has 0 aliphatic carbocycles. The largest absolute Gasteiger partial charge is 0.494 e. The van der Waals surface area contributed by atoms with Gasteiger partial charge in [-0.2, -0.15) is 0 Å². The maximum Gasteiger partial charge on any atom is 0.311 e. The summed E-state index contributed by atoms with van der Waals surface area (Å²) < 4.78 is 45.4. The molecule has 2 aromatic rings. The third kappa shape index (κ3) is 14.3. The molecule has 3 rings (SSSR count). The van der Waals surface area contributed by atoms with E-state index in [0.717, 1.165) is 16.8 Å². The number of aliphatic hydroxyl groups excluding tert-OH is 1. The molecule has 1 aliphatic rings. The van der Waals surface area contributed by atoms with Crippen molar-refractivity contribution in [2.24, 2.45) is 21.7 Å². The van der Waals surface area contributed by atoms with Crippen LogP contribution in [0.2, 0.25) is 0 Å². The summed E-state index contributed by atoms with van der Waals surface area (Å²) in [5.74, 6) is -1.31. The smallest absolute Gasteiger partial charge is 0.311 e. The van der Waals surface area contributed by atoms with Crippen LogP contribution in [-0.4, -0.2) is 95.2 Å². The van der Waals surface area contributed by atoms with E-state index in [9.17, 15) is 24.3 Å². The zero-order valence-electron chi connectivity index (χ0n) is 39.1. The summed E-state index contributed by atoms with van der Waals surface area (Å²) in [5, 5.41) is 14.8. The number of esters is 4. The Balaban J connectivity index is 2.32. The van der Waals surface area contributed by atoms with Crippen LogP contribution in [0.4, 0.5) is 0 Å². The van der Waals surface area contributed by atoms with E-state index in [-0.39, 0.29) is 18.4 Å². The number of carbonyl (C=O) groups is 4. The predicted octanol–water partition coefficient (Wildman–Crippen LogP) is 7.86. The lowest BCUT2D eigenvalue weighted by Gasteiger charge is -2.45. The van der Waals surface area contributed by atoms with E-state index in [1.54, 1.807) is 87.8 Å². The summed E-state index contributed by atoms with van der Waals surface area (Å²) in [6.07, 6.45) is -5.78. The lowest BCUT2D eigenvalue weighted by molar-refractivity contribution is -0.294. The maximum absolute atomic E-state index is 13.9. The van der Waals surface area contributed by atoms with Crippen LogP contribution in [0.25, 0.3) is 0 Å². The summed E-state index contributed by atoms with van der Waals surface area (Å²) in [5.41, 5.74) is -0.558. The molecule has 0 bridgehead atoms. The fourth-order valence-electron chi connectivity index (χ4n) is 6.07. The molecule has 0 spiro atoms. The van der Waals surface area contributed by atoms with E-state index in [1.165, 1.54) is 0 Å². The normalized spacial score (nSPS) is 19.9. The van der Waals surface area contributed by atoms with E-state index >= 15 is 0 Å². The van der Waals surface area contributed by atoms with Crippen LogP contribution in [0.5, 0.6) is 11.6 Å². The molecular weight excluding hydrogens is 808 g/mol. The zero-order valence-corrected chi connectivity index (χ0v) is 39.8. The van der Waals surface area contributed by atoms with Gasteiger partial charge in [0.1, 0.15) is 18.5 Å². The van der Waals surface area contributed by atoms with Crippen molar-refractivity contribution in [3.8, 4) is 11.6 Å². The molecule has 61 heavy (non-hydrogen) atoms. The molecule has 1 saturated heterocycles. The Bertz CT molecular complexity index is 1810. The van der Waals surface area contributed by atoms with Crippen molar-refractivity contribution in [3.63, 3.8) is 0 Å². The van der Waals surface area contributed by atoms with Gasteiger partial charge in [0.2, 0.25) is 18.3 Å². The average molecular weight is 880 g/mol. The fraction of sp³-hybridized carbons (Fsp3) is 0.717. The molecule has 1 N–H and O–H groups in total. The SMILES string of the molecule is Cc1cc(OCCCCl)ccc1Cc1c(O[C@@H]2O[C@H](COC(=O)C(C)(C)C)[C@@H](OC(=O)C(C)(C)C)[C@H](OC(=O)C(C)(C)C)[C@H]2OC(=O)C(C)(C)C)nn(CCCO)c1C(C)C. The van der Waals surface area contributed by atoms with Gasteiger partial charge in [0.15, 0.2) is 12.2 Å². The summed E-state index contributed by atoms with van der Waals surface area (Å²) in [6.45, 7) is 26.5. The Labute approximate surface area is 367 Å². The average Bonchev–Trinajstić information content (AvgIpc) is 3.47. The van der Waals surface area contributed by atoms with Crippen LogP contribution in [-0.2, 0) is 55.8 Å². The highest BCUT2D eigenvalue weighted by atomic mass is 35.5. The van der Waals surface area contributed by atoms with Gasteiger partial charge < -0.3 is 38.3 Å². The second-order valence-corrected chi connectivity index (χ2v) is 20.5. The summed E-state index contributed by atoms with van der Waals surface area (Å²) in [6, 6.07) is 5.83. The number of aliphatic hydroxyl groups is 1. The fourth-order valence-corrected chi connectivity index (χ4v) is 6.18. The highest BCUT2D eigenvalue weighted by Crippen LogP contribution is 2.38.